The molecule has 0 radical (unpaired) electrons. The number of halogens is 2. The Kier molecular flexibility index (Phi) is 5.71. The molecule has 3 nitrogen and oxygen atoms in total. The Labute approximate surface area is 152 Å². The van der Waals surface area contributed by atoms with Gasteiger partial charge in [-0.15, -0.1) is 0 Å². The first-order valence-electron chi connectivity index (χ1n) is 8.50. The normalized spacial score (nSPS) is 16.3. The number of hydrogen-bond donors (Lipinski definition) is 1. The molecule has 25 heavy (non-hydrogen) atoms. The molecule has 2 aromatic rings. The maximum atomic E-state index is 15.2. The third-order valence-corrected chi connectivity index (χ3v) is 4.68. The molecule has 132 valence electrons. The molecule has 5 heteroatoms. The van der Waals surface area contributed by atoms with Crippen LogP contribution in [0.2, 0.25) is 5.02 Å². The molecule has 0 aliphatic heterocycles. The van der Waals surface area contributed by atoms with Crippen LogP contribution in [0.4, 0.5) is 4.39 Å². The SMILES string of the molecule is C[C@@H](CC=O)N[C@@H](c1ccc(Cl)c(Oc2ccccc2)c1F)C1CC1. The number of aldehydes is 1. The van der Waals surface area contributed by atoms with E-state index in [1.54, 1.807) is 24.3 Å². The largest absolute Gasteiger partial charge is 0.453 e. The van der Waals surface area contributed by atoms with Crippen molar-refractivity contribution >= 4 is 17.9 Å². The van der Waals surface area contributed by atoms with Crippen molar-refractivity contribution in [1.82, 2.24) is 5.32 Å². The summed E-state index contributed by atoms with van der Waals surface area (Å²) >= 11 is 6.18. The Morgan fingerprint density at radius 2 is 2.00 bits per heavy atom. The third kappa shape index (κ3) is 4.39. The second kappa shape index (κ2) is 7.98. The predicted molar refractivity (Wildman–Crippen MR) is 96.7 cm³/mol. The monoisotopic (exact) mass is 361 g/mol. The molecule has 1 aliphatic rings. The maximum absolute atomic E-state index is 15.2. The van der Waals surface area contributed by atoms with Crippen LogP contribution in [0.25, 0.3) is 0 Å². The number of nitrogens with one attached hydrogen (secondary N) is 1. The molecule has 1 saturated carbocycles. The second-order valence-corrected chi connectivity index (χ2v) is 6.89. The molecule has 1 fully saturated rings. The highest BCUT2D eigenvalue weighted by Crippen LogP contribution is 2.44. The molecule has 2 aromatic carbocycles. The van der Waals surface area contributed by atoms with Gasteiger partial charge in [0.05, 0.1) is 5.02 Å². The lowest BCUT2D eigenvalue weighted by Crippen LogP contribution is -2.32. The highest BCUT2D eigenvalue weighted by Gasteiger charge is 2.35. The number of carbonyl (C=O) groups is 1. The smallest absolute Gasteiger partial charge is 0.181 e. The van der Waals surface area contributed by atoms with E-state index in [-0.39, 0.29) is 22.9 Å². The highest BCUT2D eigenvalue weighted by molar-refractivity contribution is 6.32. The first kappa shape index (κ1) is 17.9. The lowest BCUT2D eigenvalue weighted by atomic mass is 9.99. The van der Waals surface area contributed by atoms with Crippen molar-refractivity contribution in [2.45, 2.75) is 38.3 Å². The topological polar surface area (TPSA) is 38.3 Å². The van der Waals surface area contributed by atoms with Gasteiger partial charge in [0.2, 0.25) is 0 Å². The average Bonchev–Trinajstić information content (AvgIpc) is 3.43. The van der Waals surface area contributed by atoms with Crippen molar-refractivity contribution in [3.05, 3.63) is 58.9 Å². The summed E-state index contributed by atoms with van der Waals surface area (Å²) in [5.41, 5.74) is 0.538. The van der Waals surface area contributed by atoms with Crippen LogP contribution >= 0.6 is 11.6 Å². The van der Waals surface area contributed by atoms with Gasteiger partial charge < -0.3 is 14.8 Å². The van der Waals surface area contributed by atoms with Crippen molar-refractivity contribution in [3.63, 3.8) is 0 Å². The molecule has 2 atom stereocenters. The summed E-state index contributed by atoms with van der Waals surface area (Å²) in [7, 11) is 0. The Morgan fingerprint density at radius 3 is 2.64 bits per heavy atom. The van der Waals surface area contributed by atoms with E-state index >= 15 is 4.39 Å². The van der Waals surface area contributed by atoms with Gasteiger partial charge in [0.25, 0.3) is 0 Å². The number of rotatable bonds is 8. The van der Waals surface area contributed by atoms with Crippen LogP contribution in [0.1, 0.15) is 37.8 Å². The summed E-state index contributed by atoms with van der Waals surface area (Å²) in [6.07, 6.45) is 3.36. The van der Waals surface area contributed by atoms with Crippen LogP contribution in [0.5, 0.6) is 11.5 Å². The van der Waals surface area contributed by atoms with Gasteiger partial charge in [0.1, 0.15) is 12.0 Å². The van der Waals surface area contributed by atoms with Crippen molar-refractivity contribution in [2.75, 3.05) is 0 Å². The average molecular weight is 362 g/mol. The molecule has 0 amide bonds. The Morgan fingerprint density at radius 1 is 1.28 bits per heavy atom. The summed E-state index contributed by atoms with van der Waals surface area (Å²) in [6, 6.07) is 12.2. The van der Waals surface area contributed by atoms with Crippen LogP contribution < -0.4 is 10.1 Å². The zero-order valence-electron chi connectivity index (χ0n) is 14.0. The van der Waals surface area contributed by atoms with E-state index < -0.39 is 5.82 Å². The molecule has 1 aliphatic carbocycles. The van der Waals surface area contributed by atoms with Crippen molar-refractivity contribution in [1.29, 1.82) is 0 Å². The Hall–Kier alpha value is -1.91. The first-order valence-corrected chi connectivity index (χ1v) is 8.88. The van der Waals surface area contributed by atoms with Crippen molar-refractivity contribution in [3.8, 4) is 11.5 Å². The van der Waals surface area contributed by atoms with E-state index in [0.717, 1.165) is 19.1 Å². The first-order chi connectivity index (χ1) is 12.1. The summed E-state index contributed by atoms with van der Waals surface area (Å²) in [5.74, 6) is 0.500. The van der Waals surface area contributed by atoms with Gasteiger partial charge in [0.15, 0.2) is 11.6 Å². The van der Waals surface area contributed by atoms with Gasteiger partial charge >= 0.3 is 0 Å². The van der Waals surface area contributed by atoms with Crippen molar-refractivity contribution in [2.24, 2.45) is 5.92 Å². The summed E-state index contributed by atoms with van der Waals surface area (Å²) < 4.78 is 20.9. The number of ether oxygens (including phenoxy) is 1. The molecule has 0 saturated heterocycles. The van der Waals surface area contributed by atoms with Gasteiger partial charge in [-0.1, -0.05) is 35.9 Å². The molecule has 3 rings (SSSR count). The fourth-order valence-corrected chi connectivity index (χ4v) is 3.10. The van der Waals surface area contributed by atoms with E-state index in [2.05, 4.69) is 5.32 Å². The quantitative estimate of drug-likeness (QED) is 0.649. The van der Waals surface area contributed by atoms with Gasteiger partial charge in [-0.05, 0) is 43.9 Å². The number of carbonyl (C=O) groups excluding carboxylic acids is 1. The summed E-state index contributed by atoms with van der Waals surface area (Å²) in [5, 5.41) is 3.61. The fourth-order valence-electron chi connectivity index (χ4n) is 2.92. The van der Waals surface area contributed by atoms with Gasteiger partial charge in [-0.2, -0.15) is 0 Å². The number of para-hydroxylation sites is 1. The van der Waals surface area contributed by atoms with Crippen LogP contribution in [0.3, 0.4) is 0 Å². The third-order valence-electron chi connectivity index (χ3n) is 4.38. The van der Waals surface area contributed by atoms with Crippen LogP contribution in [-0.4, -0.2) is 12.3 Å². The van der Waals surface area contributed by atoms with E-state index in [0.29, 0.717) is 23.7 Å². The molecular formula is C20H21ClFNO2. The van der Waals surface area contributed by atoms with E-state index in [1.807, 2.05) is 25.1 Å². The van der Waals surface area contributed by atoms with Crippen molar-refractivity contribution < 1.29 is 13.9 Å². The lowest BCUT2D eigenvalue weighted by molar-refractivity contribution is -0.108. The molecule has 1 N–H and O–H groups in total. The summed E-state index contributed by atoms with van der Waals surface area (Å²) in [6.45, 7) is 1.93. The second-order valence-electron chi connectivity index (χ2n) is 6.48. The van der Waals surface area contributed by atoms with Crippen LogP contribution in [0.15, 0.2) is 42.5 Å². The molecular weight excluding hydrogens is 341 g/mol. The minimum Gasteiger partial charge on any atom is -0.453 e. The Bertz CT molecular complexity index is 734. The Balaban J connectivity index is 1.90. The highest BCUT2D eigenvalue weighted by atomic mass is 35.5. The van der Waals surface area contributed by atoms with E-state index in [1.165, 1.54) is 0 Å². The van der Waals surface area contributed by atoms with Crippen LogP contribution in [-0.2, 0) is 4.79 Å². The number of hydrogen-bond acceptors (Lipinski definition) is 3. The molecule has 0 bridgehead atoms. The fraction of sp³-hybridized carbons (Fsp3) is 0.350. The van der Waals surface area contributed by atoms with E-state index in [4.69, 9.17) is 16.3 Å². The molecule has 0 heterocycles. The maximum Gasteiger partial charge on any atom is 0.181 e. The minimum atomic E-state index is -0.445. The standard InChI is InChI=1S/C20H21ClFNO2/c1-13(11-12-24)23-19(14-7-8-14)16-9-10-17(21)20(18(16)22)25-15-5-3-2-4-6-15/h2-6,9-10,12-14,19,23H,7-8,11H2,1H3/t13-,19+/m0/s1. The van der Waals surface area contributed by atoms with Crippen LogP contribution in [0, 0.1) is 11.7 Å². The summed E-state index contributed by atoms with van der Waals surface area (Å²) in [4.78, 5) is 10.7. The minimum absolute atomic E-state index is 0.0170. The zero-order chi connectivity index (χ0) is 17.8. The molecule has 0 aromatic heterocycles. The van der Waals surface area contributed by atoms with Gasteiger partial charge in [-0.25, -0.2) is 4.39 Å². The molecule has 0 spiro atoms. The predicted octanol–water partition coefficient (Wildman–Crippen LogP) is 5.29. The van der Waals surface area contributed by atoms with Gasteiger partial charge in [-0.3, -0.25) is 0 Å². The van der Waals surface area contributed by atoms with Gasteiger partial charge in [0, 0.05) is 24.1 Å². The lowest BCUT2D eigenvalue weighted by Gasteiger charge is -2.24. The molecule has 0 unspecified atom stereocenters. The van der Waals surface area contributed by atoms with E-state index in [9.17, 15) is 4.79 Å². The number of benzene rings is 2. The zero-order valence-corrected chi connectivity index (χ0v) is 14.8.